The van der Waals surface area contributed by atoms with Crippen LogP contribution in [0.1, 0.15) is 13.8 Å². The van der Waals surface area contributed by atoms with Gasteiger partial charge in [0.2, 0.25) is 0 Å². The second-order valence-electron chi connectivity index (χ2n) is 5.39. The summed E-state index contributed by atoms with van der Waals surface area (Å²) < 4.78 is 11.5. The van der Waals surface area contributed by atoms with Crippen LogP contribution in [-0.2, 0) is 9.31 Å². The lowest BCUT2D eigenvalue weighted by molar-refractivity contribution is 0.137. The van der Waals surface area contributed by atoms with Crippen LogP contribution in [0.3, 0.4) is 0 Å². The molecule has 1 aliphatic heterocycles. The van der Waals surface area contributed by atoms with Gasteiger partial charge in [0.15, 0.2) is 0 Å². The minimum atomic E-state index is -0.262. The van der Waals surface area contributed by atoms with Gasteiger partial charge in [-0.2, -0.15) is 0 Å². The minimum Gasteiger partial charge on any atom is -0.404 e. The van der Waals surface area contributed by atoms with Crippen LogP contribution in [0, 0.1) is 0 Å². The Hall–Kier alpha value is -1.52. The van der Waals surface area contributed by atoms with Gasteiger partial charge in [0.25, 0.3) is 0 Å². The molecule has 0 atom stereocenters. The van der Waals surface area contributed by atoms with Gasteiger partial charge >= 0.3 is 7.12 Å². The molecule has 2 aromatic rings. The molecule has 2 aromatic carbocycles. The molecule has 0 amide bonds. The lowest BCUT2D eigenvalue weighted by Crippen LogP contribution is -2.34. The van der Waals surface area contributed by atoms with E-state index in [1.807, 2.05) is 38.1 Å². The second-order valence-corrected chi connectivity index (χ2v) is 5.39. The Bertz CT molecular complexity index is 597. The van der Waals surface area contributed by atoms with E-state index in [2.05, 4.69) is 12.1 Å². The Balaban J connectivity index is 1.97. The topological polar surface area (TPSA) is 44.5 Å². The first-order valence-electron chi connectivity index (χ1n) is 6.12. The van der Waals surface area contributed by atoms with E-state index in [1.165, 1.54) is 0 Å². The zero-order valence-corrected chi connectivity index (χ0v) is 10.6. The Kier molecular flexibility index (Phi) is 2.57. The summed E-state index contributed by atoms with van der Waals surface area (Å²) in [7, 11) is -0.262. The van der Waals surface area contributed by atoms with E-state index in [-0.39, 0.29) is 12.7 Å². The molecule has 0 unspecified atom stereocenters. The van der Waals surface area contributed by atoms with Crippen LogP contribution in [0.4, 0.5) is 5.69 Å². The molecule has 3 nitrogen and oxygen atoms in total. The van der Waals surface area contributed by atoms with Crippen LogP contribution in [0.15, 0.2) is 36.4 Å². The van der Waals surface area contributed by atoms with Crippen molar-refractivity contribution in [3.05, 3.63) is 36.4 Å². The molecule has 0 aliphatic carbocycles. The normalized spacial score (nSPS) is 18.4. The predicted molar refractivity (Wildman–Crippen MR) is 74.9 cm³/mol. The average Bonchev–Trinajstić information content (AvgIpc) is 2.69. The lowest BCUT2D eigenvalue weighted by atomic mass is 9.78. The van der Waals surface area contributed by atoms with E-state index in [0.717, 1.165) is 21.9 Å². The highest BCUT2D eigenvalue weighted by Crippen LogP contribution is 2.21. The fourth-order valence-corrected chi connectivity index (χ4v) is 2.23. The largest absolute Gasteiger partial charge is 0.494 e. The number of rotatable bonds is 1. The van der Waals surface area contributed by atoms with Crippen molar-refractivity contribution in [2.24, 2.45) is 0 Å². The van der Waals surface area contributed by atoms with Gasteiger partial charge in [0.05, 0.1) is 12.2 Å². The summed E-state index contributed by atoms with van der Waals surface area (Å²) in [6, 6.07) is 12.1. The quantitative estimate of drug-likeness (QED) is 0.613. The molecule has 4 heteroatoms. The molecule has 1 heterocycles. The SMILES string of the molecule is CC1(C)COB(c2ccc3cc(N)ccc3c2)O1. The van der Waals surface area contributed by atoms with Crippen LogP contribution in [0.5, 0.6) is 0 Å². The van der Waals surface area contributed by atoms with E-state index in [9.17, 15) is 0 Å². The Morgan fingerprint density at radius 3 is 2.56 bits per heavy atom. The van der Waals surface area contributed by atoms with Gasteiger partial charge in [-0.3, -0.25) is 0 Å². The summed E-state index contributed by atoms with van der Waals surface area (Å²) in [5.74, 6) is 0. The third kappa shape index (κ3) is 2.09. The summed E-state index contributed by atoms with van der Waals surface area (Å²) in [4.78, 5) is 0. The number of anilines is 1. The highest BCUT2D eigenvalue weighted by atomic mass is 16.7. The summed E-state index contributed by atoms with van der Waals surface area (Å²) in [6.45, 7) is 4.70. The van der Waals surface area contributed by atoms with E-state index in [1.54, 1.807) is 0 Å². The van der Waals surface area contributed by atoms with Crippen molar-refractivity contribution in [2.75, 3.05) is 12.3 Å². The summed E-state index contributed by atoms with van der Waals surface area (Å²) >= 11 is 0. The Labute approximate surface area is 107 Å². The van der Waals surface area contributed by atoms with Crippen molar-refractivity contribution in [2.45, 2.75) is 19.4 Å². The van der Waals surface area contributed by atoms with E-state index in [4.69, 9.17) is 15.0 Å². The number of benzene rings is 2. The molecule has 0 spiro atoms. The van der Waals surface area contributed by atoms with Crippen LogP contribution < -0.4 is 11.2 Å². The molecular formula is C14H16BNO2. The molecule has 18 heavy (non-hydrogen) atoms. The molecule has 0 aromatic heterocycles. The van der Waals surface area contributed by atoms with Gasteiger partial charge in [-0.15, -0.1) is 0 Å². The molecule has 0 bridgehead atoms. The maximum Gasteiger partial charge on any atom is 0.494 e. The van der Waals surface area contributed by atoms with Crippen molar-refractivity contribution in [3.8, 4) is 0 Å². The number of nitrogens with two attached hydrogens (primary N) is 1. The molecule has 92 valence electrons. The van der Waals surface area contributed by atoms with Crippen molar-refractivity contribution in [1.82, 2.24) is 0 Å². The molecule has 0 radical (unpaired) electrons. The first kappa shape index (κ1) is 11.6. The van der Waals surface area contributed by atoms with Gasteiger partial charge in [-0.05, 0) is 42.2 Å². The molecule has 3 rings (SSSR count). The molecular weight excluding hydrogens is 225 g/mol. The molecule has 1 fully saturated rings. The van der Waals surface area contributed by atoms with E-state index >= 15 is 0 Å². The number of hydrogen-bond donors (Lipinski definition) is 1. The zero-order chi connectivity index (χ0) is 12.8. The van der Waals surface area contributed by atoms with Crippen LogP contribution in [-0.4, -0.2) is 19.3 Å². The van der Waals surface area contributed by atoms with Crippen molar-refractivity contribution in [1.29, 1.82) is 0 Å². The minimum absolute atomic E-state index is 0.208. The molecule has 1 saturated heterocycles. The van der Waals surface area contributed by atoms with E-state index < -0.39 is 0 Å². The smallest absolute Gasteiger partial charge is 0.404 e. The first-order valence-corrected chi connectivity index (χ1v) is 6.12. The van der Waals surface area contributed by atoms with Gasteiger partial charge < -0.3 is 15.0 Å². The highest BCUT2D eigenvalue weighted by molar-refractivity contribution is 6.62. The number of fused-ring (bicyclic) bond motifs is 1. The zero-order valence-electron chi connectivity index (χ0n) is 10.6. The number of hydrogen-bond acceptors (Lipinski definition) is 3. The monoisotopic (exact) mass is 241 g/mol. The van der Waals surface area contributed by atoms with Crippen molar-refractivity contribution in [3.63, 3.8) is 0 Å². The first-order chi connectivity index (χ1) is 8.53. The van der Waals surface area contributed by atoms with Crippen LogP contribution in [0.2, 0.25) is 0 Å². The standard InChI is InChI=1S/C14H16BNO2/c1-14(2)9-17-15(18-14)12-5-3-11-8-13(16)6-4-10(11)7-12/h3-8H,9,16H2,1-2H3. The molecule has 2 N–H and O–H groups in total. The summed E-state index contributed by atoms with van der Waals surface area (Å²) in [5.41, 5.74) is 7.40. The fraction of sp³-hybridized carbons (Fsp3) is 0.286. The lowest BCUT2D eigenvalue weighted by Gasteiger charge is -2.15. The van der Waals surface area contributed by atoms with Crippen molar-refractivity contribution >= 4 is 29.0 Å². The maximum absolute atomic E-state index is 5.86. The average molecular weight is 241 g/mol. The third-order valence-corrected chi connectivity index (χ3v) is 3.17. The van der Waals surface area contributed by atoms with E-state index in [0.29, 0.717) is 6.61 Å². The fourth-order valence-electron chi connectivity index (χ4n) is 2.23. The maximum atomic E-state index is 5.86. The Morgan fingerprint density at radius 2 is 1.83 bits per heavy atom. The summed E-state index contributed by atoms with van der Waals surface area (Å²) in [6.07, 6.45) is 0. The van der Waals surface area contributed by atoms with Crippen molar-refractivity contribution < 1.29 is 9.31 Å². The summed E-state index contributed by atoms with van der Waals surface area (Å²) in [5, 5.41) is 2.29. The van der Waals surface area contributed by atoms with Gasteiger partial charge in [0.1, 0.15) is 0 Å². The van der Waals surface area contributed by atoms with Crippen LogP contribution in [0.25, 0.3) is 10.8 Å². The number of nitrogen functional groups attached to an aromatic ring is 1. The van der Waals surface area contributed by atoms with Gasteiger partial charge in [-0.25, -0.2) is 0 Å². The molecule has 1 aliphatic rings. The van der Waals surface area contributed by atoms with Crippen LogP contribution >= 0.6 is 0 Å². The van der Waals surface area contributed by atoms with Gasteiger partial charge in [-0.1, -0.05) is 24.3 Å². The third-order valence-electron chi connectivity index (χ3n) is 3.17. The predicted octanol–water partition coefficient (Wildman–Crippen LogP) is 1.94. The van der Waals surface area contributed by atoms with Gasteiger partial charge in [0, 0.05) is 5.69 Å². The second kappa shape index (κ2) is 4.00. The molecule has 0 saturated carbocycles. The Morgan fingerprint density at radius 1 is 1.11 bits per heavy atom. The highest BCUT2D eigenvalue weighted by Gasteiger charge is 2.38.